The topological polar surface area (TPSA) is 84.7 Å². The van der Waals surface area contributed by atoms with E-state index in [-0.39, 0.29) is 30.7 Å². The predicted octanol–water partition coefficient (Wildman–Crippen LogP) is 2.42. The summed E-state index contributed by atoms with van der Waals surface area (Å²) in [5.74, 6) is 0.193. The van der Waals surface area contributed by atoms with E-state index in [1.54, 1.807) is 11.8 Å². The van der Waals surface area contributed by atoms with Crippen LogP contribution in [0.3, 0.4) is 0 Å². The van der Waals surface area contributed by atoms with E-state index in [0.717, 1.165) is 5.56 Å². The highest BCUT2D eigenvalue weighted by Crippen LogP contribution is 2.26. The molecule has 0 atom stereocenters. The molecule has 2 aliphatic heterocycles. The summed E-state index contributed by atoms with van der Waals surface area (Å²) in [6.07, 6.45) is 2.14. The first-order valence-corrected chi connectivity index (χ1v) is 8.94. The van der Waals surface area contributed by atoms with Gasteiger partial charge in [-0.15, -0.1) is 0 Å². The first-order valence-electron chi connectivity index (χ1n) is 8.94. The third-order valence-electron chi connectivity index (χ3n) is 5.07. The molecule has 2 aliphatic rings. The summed E-state index contributed by atoms with van der Waals surface area (Å²) in [6, 6.07) is 8.92. The Labute approximate surface area is 156 Å². The van der Waals surface area contributed by atoms with E-state index in [0.29, 0.717) is 37.4 Å². The molecular formula is C19H20N4O4. The molecule has 140 valence electrons. The number of carbonyl (C=O) groups excluding carboxylic acids is 3. The monoisotopic (exact) mass is 368 g/mol. The lowest BCUT2D eigenvalue weighted by atomic mass is 10.0. The van der Waals surface area contributed by atoms with Crippen molar-refractivity contribution in [3.63, 3.8) is 0 Å². The summed E-state index contributed by atoms with van der Waals surface area (Å²) in [7, 11) is 0. The smallest absolute Gasteiger partial charge is 0.410 e. The van der Waals surface area contributed by atoms with Crippen LogP contribution in [0.15, 0.2) is 36.5 Å². The number of likely N-dealkylation sites (tertiary alicyclic amines) is 1. The predicted molar refractivity (Wildman–Crippen MR) is 95.1 cm³/mol. The van der Waals surface area contributed by atoms with Gasteiger partial charge in [0, 0.05) is 19.1 Å². The van der Waals surface area contributed by atoms with E-state index in [4.69, 9.17) is 4.74 Å². The maximum atomic E-state index is 12.6. The highest BCUT2D eigenvalue weighted by Gasteiger charge is 2.42. The van der Waals surface area contributed by atoms with E-state index in [9.17, 15) is 14.4 Å². The largest absolute Gasteiger partial charge is 0.445 e. The molecule has 3 heterocycles. The van der Waals surface area contributed by atoms with Crippen molar-refractivity contribution in [2.75, 3.05) is 13.1 Å². The number of hydrogen-bond donors (Lipinski definition) is 0. The van der Waals surface area contributed by atoms with Crippen molar-refractivity contribution in [3.8, 4) is 0 Å². The highest BCUT2D eigenvalue weighted by atomic mass is 16.6. The first kappa shape index (κ1) is 17.3. The number of aromatic nitrogens is 2. The number of aryl methyl sites for hydroxylation is 1. The molecule has 0 unspecified atom stereocenters. The van der Waals surface area contributed by atoms with Crippen LogP contribution in [0.4, 0.5) is 9.59 Å². The Hall–Kier alpha value is -3.16. The molecule has 8 heteroatoms. The number of rotatable bonds is 3. The second-order valence-electron chi connectivity index (χ2n) is 6.74. The van der Waals surface area contributed by atoms with E-state index in [2.05, 4.69) is 4.98 Å². The van der Waals surface area contributed by atoms with Crippen molar-refractivity contribution in [2.24, 2.45) is 0 Å². The molecule has 8 nitrogen and oxygen atoms in total. The molecule has 0 saturated carbocycles. The minimum Gasteiger partial charge on any atom is -0.445 e. The molecule has 1 aromatic heterocycles. The van der Waals surface area contributed by atoms with Crippen molar-refractivity contribution in [3.05, 3.63) is 53.6 Å². The average molecular weight is 368 g/mol. The summed E-state index contributed by atoms with van der Waals surface area (Å²) >= 11 is 0. The van der Waals surface area contributed by atoms with Gasteiger partial charge in [-0.2, -0.15) is 0 Å². The van der Waals surface area contributed by atoms with Crippen LogP contribution in [0, 0.1) is 6.92 Å². The lowest BCUT2D eigenvalue weighted by Gasteiger charge is -2.34. The lowest BCUT2D eigenvalue weighted by Crippen LogP contribution is -2.49. The molecule has 4 rings (SSSR count). The second-order valence-corrected chi connectivity index (χ2v) is 6.74. The Morgan fingerprint density at radius 2 is 1.89 bits per heavy atom. The van der Waals surface area contributed by atoms with Crippen LogP contribution in [-0.2, 0) is 11.3 Å². The summed E-state index contributed by atoms with van der Waals surface area (Å²) in [5, 5.41) is 0. The minimum atomic E-state index is -0.373. The number of amides is 3. The highest BCUT2D eigenvalue weighted by molar-refractivity contribution is 6.11. The van der Waals surface area contributed by atoms with E-state index >= 15 is 0 Å². The van der Waals surface area contributed by atoms with E-state index in [1.807, 2.05) is 30.3 Å². The maximum absolute atomic E-state index is 12.6. The van der Waals surface area contributed by atoms with Crippen molar-refractivity contribution in [2.45, 2.75) is 32.4 Å². The number of imidazole rings is 1. The molecule has 0 radical (unpaired) electrons. The van der Waals surface area contributed by atoms with Gasteiger partial charge in [-0.3, -0.25) is 9.69 Å². The zero-order chi connectivity index (χ0) is 19.0. The van der Waals surface area contributed by atoms with Crippen LogP contribution >= 0.6 is 0 Å². The molecule has 0 bridgehead atoms. The van der Waals surface area contributed by atoms with Gasteiger partial charge < -0.3 is 9.64 Å². The van der Waals surface area contributed by atoms with Gasteiger partial charge in [-0.05, 0) is 25.3 Å². The van der Waals surface area contributed by atoms with Crippen molar-refractivity contribution >= 4 is 18.0 Å². The van der Waals surface area contributed by atoms with Gasteiger partial charge >= 0.3 is 12.1 Å². The number of carbonyl (C=O) groups is 3. The fraction of sp³-hybridized carbons (Fsp3) is 0.368. The van der Waals surface area contributed by atoms with E-state index in [1.165, 1.54) is 15.7 Å². The Balaban J connectivity index is 1.33. The molecule has 0 spiro atoms. The Bertz CT molecular complexity index is 884. The number of ether oxygens (including phenoxy) is 1. The first-order chi connectivity index (χ1) is 13.1. The number of piperidine rings is 1. The van der Waals surface area contributed by atoms with Gasteiger partial charge in [-0.25, -0.2) is 19.1 Å². The number of imide groups is 1. The normalized spacial score (nSPS) is 17.4. The molecule has 0 aliphatic carbocycles. The Kier molecular flexibility index (Phi) is 4.39. The molecular weight excluding hydrogens is 348 g/mol. The van der Waals surface area contributed by atoms with Crippen molar-refractivity contribution in [1.82, 2.24) is 19.4 Å². The molecule has 2 aromatic rings. The van der Waals surface area contributed by atoms with Gasteiger partial charge in [0.15, 0.2) is 0 Å². The van der Waals surface area contributed by atoms with Crippen molar-refractivity contribution in [1.29, 1.82) is 0 Å². The fourth-order valence-corrected chi connectivity index (χ4v) is 3.59. The standard InChI is InChI=1S/C19H20N4O4/c1-13-20-11-16-17(24)23(18(25)22(13)16)15-7-9-21(10-8-15)19(26)27-12-14-5-3-2-4-6-14/h2-6,11,15H,7-10,12H2,1H3. The molecule has 27 heavy (non-hydrogen) atoms. The van der Waals surface area contributed by atoms with Gasteiger partial charge in [0.2, 0.25) is 0 Å². The second kappa shape index (κ2) is 6.86. The summed E-state index contributed by atoms with van der Waals surface area (Å²) < 4.78 is 6.70. The van der Waals surface area contributed by atoms with Gasteiger partial charge in [0.05, 0.1) is 6.20 Å². The molecule has 1 fully saturated rings. The average Bonchev–Trinajstić information content (AvgIpc) is 3.20. The van der Waals surface area contributed by atoms with Crippen LogP contribution in [0.1, 0.15) is 34.7 Å². The van der Waals surface area contributed by atoms with Crippen LogP contribution in [0.25, 0.3) is 0 Å². The summed E-state index contributed by atoms with van der Waals surface area (Å²) in [6.45, 7) is 2.82. The number of benzene rings is 1. The molecule has 1 saturated heterocycles. The zero-order valence-electron chi connectivity index (χ0n) is 15.0. The van der Waals surface area contributed by atoms with Gasteiger partial charge in [-0.1, -0.05) is 30.3 Å². The third kappa shape index (κ3) is 3.07. The number of nitrogens with zero attached hydrogens (tertiary/aromatic N) is 4. The van der Waals surface area contributed by atoms with Crippen LogP contribution in [-0.4, -0.2) is 56.5 Å². The Morgan fingerprint density at radius 3 is 2.56 bits per heavy atom. The quantitative estimate of drug-likeness (QED) is 0.831. The maximum Gasteiger partial charge on any atom is 0.410 e. The van der Waals surface area contributed by atoms with Gasteiger partial charge in [0.1, 0.15) is 18.1 Å². The third-order valence-corrected chi connectivity index (χ3v) is 5.07. The number of hydrogen-bond acceptors (Lipinski definition) is 5. The Morgan fingerprint density at radius 1 is 1.19 bits per heavy atom. The summed E-state index contributed by atoms with van der Waals surface area (Å²) in [4.78, 5) is 44.3. The van der Waals surface area contributed by atoms with Crippen LogP contribution < -0.4 is 0 Å². The molecule has 1 aromatic carbocycles. The van der Waals surface area contributed by atoms with Crippen LogP contribution in [0.5, 0.6) is 0 Å². The fourth-order valence-electron chi connectivity index (χ4n) is 3.59. The van der Waals surface area contributed by atoms with E-state index < -0.39 is 0 Å². The summed E-state index contributed by atoms with van der Waals surface area (Å²) in [5.41, 5.74) is 1.24. The minimum absolute atomic E-state index is 0.220. The molecule has 0 N–H and O–H groups in total. The zero-order valence-corrected chi connectivity index (χ0v) is 15.0. The van der Waals surface area contributed by atoms with Crippen LogP contribution in [0.2, 0.25) is 0 Å². The molecule has 3 amide bonds. The SMILES string of the molecule is Cc1ncc2n1C(=O)N(C1CCN(C(=O)OCc3ccccc3)CC1)C2=O. The van der Waals surface area contributed by atoms with Crippen molar-refractivity contribution < 1.29 is 19.1 Å². The number of fused-ring (bicyclic) bond motifs is 1. The van der Waals surface area contributed by atoms with Gasteiger partial charge in [0.25, 0.3) is 5.91 Å². The lowest BCUT2D eigenvalue weighted by molar-refractivity contribution is 0.0631.